The Balaban J connectivity index is 1.92. The highest BCUT2D eigenvalue weighted by atomic mass is 32.2. The SMILES string of the molecule is CC1=C(C(N)=O)C(c2ccc(C#N)cc2S(=O)(=O)c2ccccc2)NC(=O)N1c1cccc(C(F)(F)F)c1. The lowest BCUT2D eigenvalue weighted by Crippen LogP contribution is -2.49. The van der Waals surface area contributed by atoms with Crippen LogP contribution in [-0.2, 0) is 20.8 Å². The summed E-state index contributed by atoms with van der Waals surface area (Å²) in [5, 5.41) is 11.9. The van der Waals surface area contributed by atoms with Crippen molar-refractivity contribution in [2.75, 3.05) is 4.90 Å². The smallest absolute Gasteiger partial charge is 0.366 e. The molecule has 194 valence electrons. The second kappa shape index (κ2) is 9.68. The van der Waals surface area contributed by atoms with Gasteiger partial charge in [-0.25, -0.2) is 13.2 Å². The maximum absolute atomic E-state index is 13.6. The molecular formula is C26H19F3N4O4S. The number of amides is 3. The molecule has 0 saturated heterocycles. The Morgan fingerprint density at radius 1 is 1.05 bits per heavy atom. The number of carbonyl (C=O) groups is 2. The first-order valence-corrected chi connectivity index (χ1v) is 12.5. The predicted molar refractivity (Wildman–Crippen MR) is 130 cm³/mol. The van der Waals surface area contributed by atoms with Crippen LogP contribution in [0.25, 0.3) is 0 Å². The van der Waals surface area contributed by atoms with Gasteiger partial charge in [-0.15, -0.1) is 0 Å². The highest BCUT2D eigenvalue weighted by molar-refractivity contribution is 7.91. The lowest BCUT2D eigenvalue weighted by Gasteiger charge is -2.36. The molecule has 3 N–H and O–H groups in total. The van der Waals surface area contributed by atoms with Gasteiger partial charge in [0, 0.05) is 5.70 Å². The summed E-state index contributed by atoms with van der Waals surface area (Å²) in [6.45, 7) is 1.32. The van der Waals surface area contributed by atoms with Gasteiger partial charge >= 0.3 is 12.2 Å². The summed E-state index contributed by atoms with van der Waals surface area (Å²) < 4.78 is 67.0. The first-order chi connectivity index (χ1) is 17.9. The molecule has 1 aliphatic heterocycles. The van der Waals surface area contributed by atoms with E-state index in [0.29, 0.717) is 0 Å². The molecule has 1 aliphatic rings. The molecule has 0 bridgehead atoms. The van der Waals surface area contributed by atoms with Crippen molar-refractivity contribution in [1.29, 1.82) is 5.26 Å². The third-order valence-electron chi connectivity index (χ3n) is 5.98. The zero-order chi connectivity index (χ0) is 27.8. The highest BCUT2D eigenvalue weighted by Crippen LogP contribution is 2.39. The molecule has 0 aliphatic carbocycles. The number of rotatable bonds is 5. The number of benzene rings is 3. The van der Waals surface area contributed by atoms with Crippen LogP contribution in [0.4, 0.5) is 23.7 Å². The molecule has 12 heteroatoms. The number of hydrogen-bond acceptors (Lipinski definition) is 5. The Labute approximate surface area is 215 Å². The van der Waals surface area contributed by atoms with E-state index >= 15 is 0 Å². The highest BCUT2D eigenvalue weighted by Gasteiger charge is 2.39. The Kier molecular flexibility index (Phi) is 6.73. The number of alkyl halides is 3. The van der Waals surface area contributed by atoms with Crippen LogP contribution in [0.2, 0.25) is 0 Å². The van der Waals surface area contributed by atoms with E-state index < -0.39 is 39.6 Å². The number of halogens is 3. The summed E-state index contributed by atoms with van der Waals surface area (Å²) in [4.78, 5) is 26.3. The van der Waals surface area contributed by atoms with E-state index in [1.165, 1.54) is 49.4 Å². The molecule has 38 heavy (non-hydrogen) atoms. The Morgan fingerprint density at radius 3 is 2.34 bits per heavy atom. The molecule has 1 unspecified atom stereocenters. The average Bonchev–Trinajstić information content (AvgIpc) is 2.88. The molecule has 8 nitrogen and oxygen atoms in total. The van der Waals surface area contributed by atoms with Gasteiger partial charge in [-0.3, -0.25) is 9.69 Å². The molecule has 3 aromatic rings. The predicted octanol–water partition coefficient (Wildman–Crippen LogP) is 4.44. The minimum absolute atomic E-state index is 0.0114. The van der Waals surface area contributed by atoms with Gasteiger partial charge in [0.15, 0.2) is 0 Å². The third-order valence-corrected chi connectivity index (χ3v) is 7.80. The van der Waals surface area contributed by atoms with Gasteiger partial charge < -0.3 is 11.1 Å². The Morgan fingerprint density at radius 2 is 1.74 bits per heavy atom. The van der Waals surface area contributed by atoms with Crippen LogP contribution in [0.3, 0.4) is 0 Å². The quantitative estimate of drug-likeness (QED) is 0.494. The number of hydrogen-bond donors (Lipinski definition) is 2. The fourth-order valence-electron chi connectivity index (χ4n) is 4.23. The molecule has 3 amide bonds. The lowest BCUT2D eigenvalue weighted by atomic mass is 9.93. The number of nitrogens with zero attached hydrogens (tertiary/aromatic N) is 2. The number of nitrogens with two attached hydrogens (primary N) is 1. The number of sulfone groups is 1. The molecule has 0 spiro atoms. The average molecular weight is 541 g/mol. The second-order valence-electron chi connectivity index (χ2n) is 8.31. The molecule has 0 aromatic heterocycles. The van der Waals surface area contributed by atoms with Crippen LogP contribution in [0.1, 0.15) is 29.7 Å². The fourth-order valence-corrected chi connectivity index (χ4v) is 5.78. The standard InChI is InChI=1S/C26H19F3N4O4S/c1-15-22(24(31)34)23(32-25(35)33(15)18-7-5-6-17(13-18)26(27,28)29)20-11-10-16(14-30)12-21(20)38(36,37)19-8-3-2-4-9-19/h2-13,23H,1H3,(H2,31,34)(H,32,35). The minimum atomic E-state index is -4.68. The van der Waals surface area contributed by atoms with E-state index in [0.717, 1.165) is 29.2 Å². The second-order valence-corrected chi connectivity index (χ2v) is 10.2. The molecule has 3 aromatic carbocycles. The van der Waals surface area contributed by atoms with Crippen molar-refractivity contribution < 1.29 is 31.2 Å². The summed E-state index contributed by atoms with van der Waals surface area (Å²) in [6.07, 6.45) is -4.68. The van der Waals surface area contributed by atoms with Crippen molar-refractivity contribution >= 4 is 27.5 Å². The first kappa shape index (κ1) is 26.4. The first-order valence-electron chi connectivity index (χ1n) is 11.0. The van der Waals surface area contributed by atoms with Crippen LogP contribution in [0.5, 0.6) is 0 Å². The van der Waals surface area contributed by atoms with Gasteiger partial charge in [0.05, 0.1) is 44.3 Å². The topological polar surface area (TPSA) is 133 Å². The summed E-state index contributed by atoms with van der Waals surface area (Å²) >= 11 is 0. The monoisotopic (exact) mass is 540 g/mol. The van der Waals surface area contributed by atoms with Gasteiger partial charge in [0.2, 0.25) is 15.7 Å². The lowest BCUT2D eigenvalue weighted by molar-refractivity contribution is -0.137. The number of allylic oxidation sites excluding steroid dienone is 1. The summed E-state index contributed by atoms with van der Waals surface area (Å²) in [7, 11) is -4.24. The van der Waals surface area contributed by atoms with Crippen molar-refractivity contribution in [1.82, 2.24) is 5.32 Å². The van der Waals surface area contributed by atoms with E-state index in [9.17, 15) is 36.4 Å². The van der Waals surface area contributed by atoms with Gasteiger partial charge in [0.1, 0.15) is 0 Å². The van der Waals surface area contributed by atoms with Gasteiger partial charge in [-0.05, 0) is 55.0 Å². The zero-order valence-corrected chi connectivity index (χ0v) is 20.5. The molecule has 0 fully saturated rings. The number of nitrogens with one attached hydrogen (secondary N) is 1. The minimum Gasteiger partial charge on any atom is -0.366 e. The van der Waals surface area contributed by atoms with Crippen molar-refractivity contribution in [2.45, 2.75) is 28.9 Å². The molecule has 4 rings (SSSR count). The molecule has 0 radical (unpaired) electrons. The van der Waals surface area contributed by atoms with Crippen molar-refractivity contribution in [3.63, 3.8) is 0 Å². The van der Waals surface area contributed by atoms with Gasteiger partial charge in [-0.1, -0.05) is 30.3 Å². The maximum atomic E-state index is 13.6. The largest absolute Gasteiger partial charge is 0.416 e. The summed E-state index contributed by atoms with van der Waals surface area (Å²) in [6, 6.07) is 14.6. The maximum Gasteiger partial charge on any atom is 0.416 e. The molecular weight excluding hydrogens is 521 g/mol. The van der Waals surface area contributed by atoms with E-state index in [1.807, 2.05) is 6.07 Å². The van der Waals surface area contributed by atoms with E-state index in [4.69, 9.17) is 5.73 Å². The van der Waals surface area contributed by atoms with Crippen LogP contribution in [0, 0.1) is 11.3 Å². The van der Waals surface area contributed by atoms with Crippen LogP contribution in [-0.4, -0.2) is 20.4 Å². The number of nitriles is 1. The number of primary amides is 1. The molecule has 1 heterocycles. The number of carbonyl (C=O) groups excluding carboxylic acids is 2. The van der Waals surface area contributed by atoms with Crippen molar-refractivity contribution in [3.8, 4) is 6.07 Å². The third kappa shape index (κ3) is 4.71. The Bertz CT molecular complexity index is 1630. The molecule has 0 saturated carbocycles. The van der Waals surface area contributed by atoms with E-state index in [-0.39, 0.29) is 37.9 Å². The van der Waals surface area contributed by atoms with Crippen LogP contribution < -0.4 is 16.0 Å². The summed E-state index contributed by atoms with van der Waals surface area (Å²) in [5.74, 6) is -1.03. The fraction of sp³-hybridized carbons (Fsp3) is 0.115. The molecule has 1 atom stereocenters. The van der Waals surface area contributed by atoms with E-state index in [1.54, 1.807) is 6.07 Å². The Hall–Kier alpha value is -4.63. The number of anilines is 1. The number of urea groups is 1. The van der Waals surface area contributed by atoms with Crippen LogP contribution in [0.15, 0.2) is 93.9 Å². The van der Waals surface area contributed by atoms with Crippen molar-refractivity contribution in [3.05, 3.63) is 101 Å². The normalized spacial score (nSPS) is 16.1. The van der Waals surface area contributed by atoms with E-state index in [2.05, 4.69) is 5.32 Å². The summed E-state index contributed by atoms with van der Waals surface area (Å²) in [5.41, 5.74) is 4.09. The van der Waals surface area contributed by atoms with Gasteiger partial charge in [0.25, 0.3) is 0 Å². The van der Waals surface area contributed by atoms with Gasteiger partial charge in [-0.2, -0.15) is 18.4 Å². The van der Waals surface area contributed by atoms with Crippen molar-refractivity contribution in [2.24, 2.45) is 5.73 Å². The van der Waals surface area contributed by atoms with Crippen LogP contribution >= 0.6 is 0 Å². The zero-order valence-electron chi connectivity index (χ0n) is 19.7.